The third-order valence-corrected chi connectivity index (χ3v) is 2.42. The maximum absolute atomic E-state index is 11.4. The molecule has 1 amide bonds. The zero-order valence-corrected chi connectivity index (χ0v) is 11.5. The van der Waals surface area contributed by atoms with Crippen molar-refractivity contribution in [2.45, 2.75) is 32.4 Å². The average molecular weight is 275 g/mol. The number of ether oxygens (including phenoxy) is 3. The largest absolute Gasteiger partial charge is 0.465 e. The lowest BCUT2D eigenvalue weighted by molar-refractivity contribution is -0.161. The van der Waals surface area contributed by atoms with Gasteiger partial charge in [-0.3, -0.25) is 4.90 Å². The molecule has 0 radical (unpaired) electrons. The van der Waals surface area contributed by atoms with E-state index in [0.717, 1.165) is 0 Å². The van der Waals surface area contributed by atoms with Crippen LogP contribution in [0.15, 0.2) is 0 Å². The van der Waals surface area contributed by atoms with Crippen molar-refractivity contribution in [3.8, 4) is 0 Å². The van der Waals surface area contributed by atoms with Crippen LogP contribution >= 0.6 is 0 Å². The number of hydrogen-bond donors (Lipinski definition) is 1. The van der Waals surface area contributed by atoms with Crippen molar-refractivity contribution in [1.82, 2.24) is 4.90 Å². The van der Waals surface area contributed by atoms with Gasteiger partial charge in [-0.25, -0.2) is 9.59 Å². The summed E-state index contributed by atoms with van der Waals surface area (Å²) in [6, 6.07) is -0.381. The predicted molar refractivity (Wildman–Crippen MR) is 66.0 cm³/mol. The highest BCUT2D eigenvalue weighted by molar-refractivity contribution is 5.71. The van der Waals surface area contributed by atoms with E-state index in [-0.39, 0.29) is 25.9 Å². The number of nitrogens with zero attached hydrogens (tertiary/aromatic N) is 1. The molecule has 7 heteroatoms. The second kappa shape index (κ2) is 6.72. The molecule has 1 aliphatic rings. The zero-order valence-electron chi connectivity index (χ0n) is 11.5. The van der Waals surface area contributed by atoms with Gasteiger partial charge in [0.1, 0.15) is 12.2 Å². The van der Waals surface area contributed by atoms with Crippen LogP contribution in [0.3, 0.4) is 0 Å². The van der Waals surface area contributed by atoms with Crippen LogP contribution in [0.2, 0.25) is 0 Å². The van der Waals surface area contributed by atoms with E-state index < -0.39 is 17.7 Å². The molecular weight excluding hydrogens is 254 g/mol. The third-order valence-electron chi connectivity index (χ3n) is 2.42. The van der Waals surface area contributed by atoms with Gasteiger partial charge in [0.25, 0.3) is 0 Å². The van der Waals surface area contributed by atoms with Crippen LogP contribution in [0.5, 0.6) is 0 Å². The number of esters is 1. The molecule has 1 N–H and O–H groups in total. The van der Waals surface area contributed by atoms with Gasteiger partial charge in [0, 0.05) is 6.54 Å². The Morgan fingerprint density at radius 1 is 1.42 bits per heavy atom. The van der Waals surface area contributed by atoms with Gasteiger partial charge < -0.3 is 19.3 Å². The fourth-order valence-electron chi connectivity index (χ4n) is 1.69. The highest BCUT2D eigenvalue weighted by Crippen LogP contribution is 2.09. The molecule has 19 heavy (non-hydrogen) atoms. The van der Waals surface area contributed by atoms with Crippen molar-refractivity contribution >= 4 is 12.1 Å². The van der Waals surface area contributed by atoms with Crippen molar-refractivity contribution in [2.24, 2.45) is 0 Å². The van der Waals surface area contributed by atoms with Crippen molar-refractivity contribution in [3.05, 3.63) is 0 Å². The molecule has 1 fully saturated rings. The molecule has 1 unspecified atom stereocenters. The number of carboxylic acid groups (broad SMARTS) is 1. The first-order valence-electron chi connectivity index (χ1n) is 6.16. The molecule has 1 heterocycles. The normalized spacial score (nSPS) is 20.2. The van der Waals surface area contributed by atoms with Gasteiger partial charge in [0.2, 0.25) is 0 Å². The summed E-state index contributed by atoms with van der Waals surface area (Å²) < 4.78 is 15.5. The predicted octanol–water partition coefficient (Wildman–Crippen LogP) is 0.723. The van der Waals surface area contributed by atoms with Crippen LogP contribution in [0.25, 0.3) is 0 Å². The van der Waals surface area contributed by atoms with Crippen molar-refractivity contribution in [2.75, 3.05) is 33.0 Å². The molecule has 7 nitrogen and oxygen atoms in total. The summed E-state index contributed by atoms with van der Waals surface area (Å²) in [5, 5.41) is 8.99. The Morgan fingerprint density at radius 2 is 2.11 bits per heavy atom. The van der Waals surface area contributed by atoms with E-state index in [0.29, 0.717) is 13.2 Å². The topological polar surface area (TPSA) is 85.3 Å². The summed E-state index contributed by atoms with van der Waals surface area (Å²) in [5.74, 6) is -0.467. The summed E-state index contributed by atoms with van der Waals surface area (Å²) in [4.78, 5) is 23.6. The molecule has 0 aromatic carbocycles. The molecule has 0 aliphatic carbocycles. The molecule has 1 aliphatic heterocycles. The SMILES string of the molecule is CC(C)(C)OC(=O)COCC1COCCN1C(=O)O. The average Bonchev–Trinajstić information content (AvgIpc) is 2.27. The van der Waals surface area contributed by atoms with Crippen molar-refractivity contribution in [3.63, 3.8) is 0 Å². The maximum Gasteiger partial charge on any atom is 0.407 e. The van der Waals surface area contributed by atoms with Gasteiger partial charge in [-0.05, 0) is 20.8 Å². The minimum absolute atomic E-state index is 0.117. The highest BCUT2D eigenvalue weighted by Gasteiger charge is 2.27. The summed E-state index contributed by atoms with van der Waals surface area (Å²) in [7, 11) is 0. The lowest BCUT2D eigenvalue weighted by atomic mass is 10.2. The first-order valence-corrected chi connectivity index (χ1v) is 6.16. The molecule has 0 bridgehead atoms. The fourth-order valence-corrected chi connectivity index (χ4v) is 1.69. The minimum atomic E-state index is -1.01. The van der Waals surface area contributed by atoms with Gasteiger partial charge >= 0.3 is 12.1 Å². The van der Waals surface area contributed by atoms with Crippen LogP contribution in [0, 0.1) is 0 Å². The van der Waals surface area contributed by atoms with Crippen LogP contribution in [0.1, 0.15) is 20.8 Å². The van der Waals surface area contributed by atoms with E-state index in [4.69, 9.17) is 19.3 Å². The standard InChI is InChI=1S/C12H21NO6/c1-12(2,3)19-10(14)8-18-7-9-6-17-5-4-13(9)11(15)16/h9H,4-8H2,1-3H3,(H,15,16). The lowest BCUT2D eigenvalue weighted by Gasteiger charge is -2.33. The maximum atomic E-state index is 11.4. The minimum Gasteiger partial charge on any atom is -0.465 e. The van der Waals surface area contributed by atoms with Crippen molar-refractivity contribution < 1.29 is 28.9 Å². The molecule has 0 saturated carbocycles. The van der Waals surface area contributed by atoms with E-state index in [1.807, 2.05) is 0 Å². The number of morpholine rings is 1. The summed E-state index contributed by atoms with van der Waals surface area (Å²) in [5.41, 5.74) is -0.554. The Balaban J connectivity index is 2.31. The molecule has 0 aromatic rings. The molecular formula is C12H21NO6. The molecule has 110 valence electrons. The molecule has 1 atom stereocenters. The second-order valence-corrected chi connectivity index (χ2v) is 5.31. The van der Waals surface area contributed by atoms with Crippen LogP contribution in [-0.2, 0) is 19.0 Å². The van der Waals surface area contributed by atoms with Gasteiger partial charge in [0.15, 0.2) is 0 Å². The zero-order chi connectivity index (χ0) is 14.5. The molecule has 1 saturated heterocycles. The summed E-state index contributed by atoms with van der Waals surface area (Å²) >= 11 is 0. The van der Waals surface area contributed by atoms with E-state index >= 15 is 0 Å². The number of amides is 1. The first kappa shape index (κ1) is 15.7. The Morgan fingerprint density at radius 3 is 2.68 bits per heavy atom. The number of carbonyl (C=O) groups excluding carboxylic acids is 1. The molecule has 0 aromatic heterocycles. The number of carbonyl (C=O) groups is 2. The quantitative estimate of drug-likeness (QED) is 0.761. The second-order valence-electron chi connectivity index (χ2n) is 5.31. The first-order chi connectivity index (χ1) is 8.79. The van der Waals surface area contributed by atoms with Crippen LogP contribution in [0.4, 0.5) is 4.79 Å². The Bertz CT molecular complexity index is 325. The van der Waals surface area contributed by atoms with Crippen molar-refractivity contribution in [1.29, 1.82) is 0 Å². The fraction of sp³-hybridized carbons (Fsp3) is 0.833. The highest BCUT2D eigenvalue weighted by atomic mass is 16.6. The summed E-state index contributed by atoms with van der Waals surface area (Å²) in [6.07, 6.45) is -1.01. The van der Waals surface area contributed by atoms with Gasteiger partial charge in [0.05, 0.1) is 25.9 Å². The molecule has 0 spiro atoms. The van der Waals surface area contributed by atoms with Crippen LogP contribution in [-0.4, -0.2) is 66.7 Å². The summed E-state index contributed by atoms with van der Waals surface area (Å²) in [6.45, 7) is 6.21. The van der Waals surface area contributed by atoms with Gasteiger partial charge in [-0.15, -0.1) is 0 Å². The lowest BCUT2D eigenvalue weighted by Crippen LogP contribution is -2.50. The Labute approximate surface area is 112 Å². The third kappa shape index (κ3) is 5.89. The van der Waals surface area contributed by atoms with Gasteiger partial charge in [-0.2, -0.15) is 0 Å². The van der Waals surface area contributed by atoms with E-state index in [2.05, 4.69) is 0 Å². The smallest absolute Gasteiger partial charge is 0.407 e. The van der Waals surface area contributed by atoms with E-state index in [1.54, 1.807) is 20.8 Å². The Kier molecular flexibility index (Phi) is 5.56. The number of rotatable bonds is 4. The van der Waals surface area contributed by atoms with E-state index in [1.165, 1.54) is 4.90 Å². The van der Waals surface area contributed by atoms with Gasteiger partial charge in [-0.1, -0.05) is 0 Å². The monoisotopic (exact) mass is 275 g/mol. The van der Waals surface area contributed by atoms with Crippen LogP contribution < -0.4 is 0 Å². The molecule has 1 rings (SSSR count). The number of hydrogen-bond acceptors (Lipinski definition) is 5. The van der Waals surface area contributed by atoms with E-state index in [9.17, 15) is 9.59 Å². The Hall–Kier alpha value is -1.34.